The van der Waals surface area contributed by atoms with Crippen molar-refractivity contribution in [2.45, 2.75) is 32.4 Å². The molecule has 0 saturated heterocycles. The number of fused-ring (bicyclic) bond motifs is 1. The van der Waals surface area contributed by atoms with Crippen LogP contribution in [-0.4, -0.2) is 11.5 Å². The van der Waals surface area contributed by atoms with Crippen LogP contribution in [-0.2, 0) is 12.6 Å². The first-order chi connectivity index (χ1) is 12.3. The van der Waals surface area contributed by atoms with Crippen molar-refractivity contribution < 1.29 is 13.2 Å². The Labute approximate surface area is 155 Å². The second kappa shape index (κ2) is 7.33. The molecule has 0 saturated carbocycles. The average Bonchev–Trinajstić information content (AvgIpc) is 2.95. The van der Waals surface area contributed by atoms with Gasteiger partial charge in [0.25, 0.3) is 0 Å². The van der Waals surface area contributed by atoms with Gasteiger partial charge in [-0.05, 0) is 56.0 Å². The first-order valence-electron chi connectivity index (χ1n) is 8.50. The molecule has 3 aromatic rings. The molecule has 2 aromatic carbocycles. The van der Waals surface area contributed by atoms with E-state index in [-0.39, 0.29) is 5.52 Å². The van der Waals surface area contributed by atoms with Crippen molar-refractivity contribution >= 4 is 22.5 Å². The minimum atomic E-state index is -4.45. The van der Waals surface area contributed by atoms with Crippen molar-refractivity contribution in [3.63, 3.8) is 0 Å². The number of aryl methyl sites for hydroxylation is 2. The number of nitrogens with one attached hydrogen (secondary N) is 1. The van der Waals surface area contributed by atoms with Gasteiger partial charge in [-0.3, -0.25) is 0 Å². The van der Waals surface area contributed by atoms with E-state index in [1.54, 1.807) is 0 Å². The Morgan fingerprint density at radius 3 is 2.35 bits per heavy atom. The molecule has 0 aliphatic carbocycles. The van der Waals surface area contributed by atoms with Gasteiger partial charge >= 0.3 is 6.18 Å². The molecule has 0 aliphatic rings. The van der Waals surface area contributed by atoms with E-state index in [0.29, 0.717) is 29.1 Å². The standard InChI is InChI=1S/C20H20ClF3N2/c1-12-5-7-13(8-6-12)18-14(4-2-3-11-25)17-16(21)10-9-15(19(17)26-18)20(22,23)24/h5-10,26H,2-4,11,25H2,1H3. The number of H-pyrrole nitrogens is 1. The minimum absolute atomic E-state index is 0.0447. The van der Waals surface area contributed by atoms with Gasteiger partial charge in [-0.1, -0.05) is 41.4 Å². The van der Waals surface area contributed by atoms with E-state index in [1.165, 1.54) is 6.07 Å². The third kappa shape index (κ3) is 3.60. The van der Waals surface area contributed by atoms with Gasteiger partial charge in [0.15, 0.2) is 0 Å². The van der Waals surface area contributed by atoms with Crippen LogP contribution in [0.3, 0.4) is 0 Å². The third-order valence-corrected chi connectivity index (χ3v) is 4.85. The predicted molar refractivity (Wildman–Crippen MR) is 100 cm³/mol. The summed E-state index contributed by atoms with van der Waals surface area (Å²) in [5.41, 5.74) is 8.36. The van der Waals surface area contributed by atoms with Crippen LogP contribution in [0.2, 0.25) is 5.02 Å². The quantitative estimate of drug-likeness (QED) is 0.516. The molecule has 0 aliphatic heterocycles. The molecular formula is C20H20ClF3N2. The van der Waals surface area contributed by atoms with Crippen molar-refractivity contribution in [3.05, 3.63) is 58.1 Å². The van der Waals surface area contributed by atoms with Gasteiger partial charge in [0.1, 0.15) is 0 Å². The normalized spacial score (nSPS) is 12.1. The number of aromatic amines is 1. The van der Waals surface area contributed by atoms with E-state index >= 15 is 0 Å². The molecule has 0 unspecified atom stereocenters. The molecule has 0 amide bonds. The summed E-state index contributed by atoms with van der Waals surface area (Å²) < 4.78 is 40.4. The zero-order valence-electron chi connectivity index (χ0n) is 14.4. The van der Waals surface area contributed by atoms with Crippen molar-refractivity contribution in [2.75, 3.05) is 6.54 Å². The molecule has 6 heteroatoms. The van der Waals surface area contributed by atoms with Crippen molar-refractivity contribution in [1.82, 2.24) is 4.98 Å². The fourth-order valence-electron chi connectivity index (χ4n) is 3.23. The van der Waals surface area contributed by atoms with Crippen LogP contribution in [0, 0.1) is 6.92 Å². The molecule has 0 atom stereocenters. The third-order valence-electron chi connectivity index (χ3n) is 4.53. The van der Waals surface area contributed by atoms with Crippen molar-refractivity contribution in [3.8, 4) is 11.3 Å². The SMILES string of the molecule is Cc1ccc(-c2[nH]c3c(C(F)(F)F)ccc(Cl)c3c2CCCCN)cc1. The summed E-state index contributed by atoms with van der Waals surface area (Å²) in [6.07, 6.45) is -2.25. The second-order valence-corrected chi connectivity index (χ2v) is 6.84. The lowest BCUT2D eigenvalue weighted by Gasteiger charge is -2.09. The maximum atomic E-state index is 13.5. The molecule has 0 bridgehead atoms. The Morgan fingerprint density at radius 2 is 1.73 bits per heavy atom. The lowest BCUT2D eigenvalue weighted by atomic mass is 9.99. The molecule has 2 nitrogen and oxygen atoms in total. The van der Waals surface area contributed by atoms with Crippen molar-refractivity contribution in [2.24, 2.45) is 5.73 Å². The van der Waals surface area contributed by atoms with Gasteiger partial charge in [0.05, 0.1) is 16.1 Å². The number of benzene rings is 2. The summed E-state index contributed by atoms with van der Waals surface area (Å²) in [6, 6.07) is 10.1. The smallest absolute Gasteiger partial charge is 0.354 e. The topological polar surface area (TPSA) is 41.8 Å². The van der Waals surface area contributed by atoms with Gasteiger partial charge in [-0.2, -0.15) is 13.2 Å². The highest BCUT2D eigenvalue weighted by molar-refractivity contribution is 6.36. The number of alkyl halides is 3. The molecule has 3 rings (SSSR count). The molecule has 1 aromatic heterocycles. The summed E-state index contributed by atoms with van der Waals surface area (Å²) in [5, 5.41) is 0.777. The number of nitrogens with two attached hydrogens (primary N) is 1. The Balaban J connectivity index is 2.26. The summed E-state index contributed by atoms with van der Waals surface area (Å²) in [6.45, 7) is 2.51. The number of halogens is 4. The predicted octanol–water partition coefficient (Wildman–Crippen LogP) is 6.10. The number of hydrogen-bond donors (Lipinski definition) is 2. The van der Waals surface area contributed by atoms with E-state index in [9.17, 15) is 13.2 Å². The van der Waals surface area contributed by atoms with Crippen LogP contribution >= 0.6 is 11.6 Å². The molecular weight excluding hydrogens is 361 g/mol. The summed E-state index contributed by atoms with van der Waals surface area (Å²) >= 11 is 6.31. The zero-order chi connectivity index (χ0) is 18.9. The maximum Gasteiger partial charge on any atom is 0.418 e. The monoisotopic (exact) mass is 380 g/mol. The number of hydrogen-bond acceptors (Lipinski definition) is 1. The Morgan fingerprint density at radius 1 is 1.04 bits per heavy atom. The van der Waals surface area contributed by atoms with Gasteiger partial charge in [-0.15, -0.1) is 0 Å². The number of aromatic nitrogens is 1. The molecule has 3 N–H and O–H groups in total. The lowest BCUT2D eigenvalue weighted by Crippen LogP contribution is -2.05. The van der Waals surface area contributed by atoms with Crippen molar-refractivity contribution in [1.29, 1.82) is 0 Å². The fourth-order valence-corrected chi connectivity index (χ4v) is 3.50. The van der Waals surface area contributed by atoms with Crippen LogP contribution in [0.25, 0.3) is 22.2 Å². The van der Waals surface area contributed by atoms with Crippen LogP contribution in [0.4, 0.5) is 13.2 Å². The first-order valence-corrected chi connectivity index (χ1v) is 8.88. The first kappa shape index (κ1) is 18.8. The van der Waals surface area contributed by atoms with Crippen LogP contribution in [0.15, 0.2) is 36.4 Å². The van der Waals surface area contributed by atoms with E-state index in [1.807, 2.05) is 31.2 Å². The second-order valence-electron chi connectivity index (χ2n) is 6.43. The molecule has 0 radical (unpaired) electrons. The van der Waals surface area contributed by atoms with Crippen LogP contribution < -0.4 is 5.73 Å². The van der Waals surface area contributed by atoms with E-state index in [4.69, 9.17) is 17.3 Å². The van der Waals surface area contributed by atoms with Gasteiger partial charge in [0.2, 0.25) is 0 Å². The zero-order valence-corrected chi connectivity index (χ0v) is 15.1. The number of rotatable bonds is 5. The average molecular weight is 381 g/mol. The molecule has 138 valence electrons. The minimum Gasteiger partial charge on any atom is -0.354 e. The van der Waals surface area contributed by atoms with E-state index in [2.05, 4.69) is 4.98 Å². The Hall–Kier alpha value is -1.98. The van der Waals surface area contributed by atoms with E-state index < -0.39 is 11.7 Å². The van der Waals surface area contributed by atoms with Gasteiger partial charge in [-0.25, -0.2) is 0 Å². The molecule has 26 heavy (non-hydrogen) atoms. The molecule has 0 fully saturated rings. The number of unbranched alkanes of at least 4 members (excludes halogenated alkanes) is 1. The van der Waals surface area contributed by atoms with E-state index in [0.717, 1.165) is 35.6 Å². The highest BCUT2D eigenvalue weighted by Gasteiger charge is 2.34. The largest absolute Gasteiger partial charge is 0.418 e. The highest BCUT2D eigenvalue weighted by Crippen LogP contribution is 2.42. The molecule has 1 heterocycles. The summed E-state index contributed by atoms with van der Waals surface area (Å²) in [4.78, 5) is 3.01. The van der Waals surface area contributed by atoms with Crippen LogP contribution in [0.5, 0.6) is 0 Å². The Bertz CT molecular complexity index is 911. The molecule has 0 spiro atoms. The van der Waals surface area contributed by atoms with Gasteiger partial charge in [0, 0.05) is 11.1 Å². The fraction of sp³-hybridized carbons (Fsp3) is 0.300. The Kier molecular flexibility index (Phi) is 5.30. The highest BCUT2D eigenvalue weighted by atomic mass is 35.5. The van der Waals surface area contributed by atoms with Crippen LogP contribution in [0.1, 0.15) is 29.5 Å². The lowest BCUT2D eigenvalue weighted by molar-refractivity contribution is -0.136. The summed E-state index contributed by atoms with van der Waals surface area (Å²) in [5.74, 6) is 0. The maximum absolute atomic E-state index is 13.5. The van der Waals surface area contributed by atoms with Gasteiger partial charge < -0.3 is 10.7 Å². The summed E-state index contributed by atoms with van der Waals surface area (Å²) in [7, 11) is 0.